The van der Waals surface area contributed by atoms with Crippen LogP contribution in [0.3, 0.4) is 0 Å². The van der Waals surface area contributed by atoms with E-state index >= 15 is 0 Å². The van der Waals surface area contributed by atoms with Crippen LogP contribution in [0.1, 0.15) is 12.0 Å². The molecule has 0 spiro atoms. The van der Waals surface area contributed by atoms with E-state index in [1.807, 2.05) is 0 Å². The fourth-order valence-corrected chi connectivity index (χ4v) is 3.48. The Labute approximate surface area is 161 Å². The van der Waals surface area contributed by atoms with Crippen LogP contribution < -0.4 is 4.90 Å². The van der Waals surface area contributed by atoms with Crippen molar-refractivity contribution in [2.24, 2.45) is 5.92 Å². The number of rotatable bonds is 5. The van der Waals surface area contributed by atoms with Crippen LogP contribution in [0.25, 0.3) is 0 Å². The van der Waals surface area contributed by atoms with Crippen LogP contribution in [-0.4, -0.2) is 35.2 Å². The molecule has 1 heterocycles. The lowest BCUT2D eigenvalue weighted by Crippen LogP contribution is -2.34. The van der Waals surface area contributed by atoms with Crippen molar-refractivity contribution in [3.8, 4) is 0 Å². The SMILES string of the molecule is CN(Cc1ccccc1[N+](=O)[O-])C(=O)C1CC(=O)N(c2ccccc2Cl)C1. The average molecular weight is 388 g/mol. The van der Waals surface area contributed by atoms with Gasteiger partial charge in [-0.3, -0.25) is 19.7 Å². The lowest BCUT2D eigenvalue weighted by Gasteiger charge is -2.22. The number of hydrogen-bond acceptors (Lipinski definition) is 4. The summed E-state index contributed by atoms with van der Waals surface area (Å²) in [5.41, 5.74) is 1.00. The largest absolute Gasteiger partial charge is 0.341 e. The first-order chi connectivity index (χ1) is 12.9. The smallest absolute Gasteiger partial charge is 0.274 e. The van der Waals surface area contributed by atoms with Gasteiger partial charge in [0.1, 0.15) is 0 Å². The molecular formula is C19H18ClN3O4. The number of carbonyl (C=O) groups excluding carboxylic acids is 2. The molecule has 3 rings (SSSR count). The summed E-state index contributed by atoms with van der Waals surface area (Å²) < 4.78 is 0. The van der Waals surface area contributed by atoms with Gasteiger partial charge in [0.05, 0.1) is 28.1 Å². The number of amides is 2. The van der Waals surface area contributed by atoms with Crippen LogP contribution in [-0.2, 0) is 16.1 Å². The van der Waals surface area contributed by atoms with Gasteiger partial charge < -0.3 is 9.80 Å². The number of carbonyl (C=O) groups is 2. The van der Waals surface area contributed by atoms with E-state index in [0.717, 1.165) is 0 Å². The first-order valence-corrected chi connectivity index (χ1v) is 8.78. The van der Waals surface area contributed by atoms with Crippen LogP contribution in [0, 0.1) is 16.0 Å². The summed E-state index contributed by atoms with van der Waals surface area (Å²) in [6.07, 6.45) is 0.0886. The van der Waals surface area contributed by atoms with Gasteiger partial charge in [0, 0.05) is 31.6 Å². The number of para-hydroxylation sites is 2. The third kappa shape index (κ3) is 3.93. The number of benzene rings is 2. The lowest BCUT2D eigenvalue weighted by molar-refractivity contribution is -0.385. The van der Waals surface area contributed by atoms with Gasteiger partial charge in [0.25, 0.3) is 5.69 Å². The van der Waals surface area contributed by atoms with Crippen molar-refractivity contribution in [1.82, 2.24) is 4.90 Å². The second kappa shape index (κ2) is 7.75. The van der Waals surface area contributed by atoms with Gasteiger partial charge >= 0.3 is 0 Å². The second-order valence-corrected chi connectivity index (χ2v) is 6.84. The summed E-state index contributed by atoms with van der Waals surface area (Å²) in [6.45, 7) is 0.343. The molecule has 140 valence electrons. The van der Waals surface area contributed by atoms with Gasteiger partial charge in [0.15, 0.2) is 0 Å². The molecule has 7 nitrogen and oxygen atoms in total. The van der Waals surface area contributed by atoms with E-state index in [0.29, 0.717) is 16.3 Å². The Balaban J connectivity index is 1.72. The van der Waals surface area contributed by atoms with Gasteiger partial charge in [0.2, 0.25) is 11.8 Å². The summed E-state index contributed by atoms with van der Waals surface area (Å²) in [5, 5.41) is 11.6. The van der Waals surface area contributed by atoms with E-state index < -0.39 is 10.8 Å². The highest BCUT2D eigenvalue weighted by Gasteiger charge is 2.37. The number of halogens is 1. The minimum atomic E-state index is -0.512. The Kier molecular flexibility index (Phi) is 5.41. The Bertz CT molecular complexity index is 902. The number of nitro benzene ring substituents is 1. The molecule has 0 bridgehead atoms. The molecule has 8 heteroatoms. The Hall–Kier alpha value is -2.93. The van der Waals surface area contributed by atoms with Gasteiger partial charge in [-0.05, 0) is 12.1 Å². The summed E-state index contributed by atoms with van der Waals surface area (Å²) in [4.78, 5) is 38.8. The molecule has 1 aliphatic heterocycles. The maximum absolute atomic E-state index is 12.8. The highest BCUT2D eigenvalue weighted by atomic mass is 35.5. The van der Waals surface area contributed by atoms with Crippen molar-refractivity contribution < 1.29 is 14.5 Å². The van der Waals surface area contributed by atoms with E-state index in [-0.39, 0.29) is 37.0 Å². The second-order valence-electron chi connectivity index (χ2n) is 6.44. The maximum Gasteiger partial charge on any atom is 0.274 e. The Morgan fingerprint density at radius 1 is 1.26 bits per heavy atom. The van der Waals surface area contributed by atoms with Crippen molar-refractivity contribution in [3.05, 3.63) is 69.2 Å². The molecule has 2 aromatic rings. The minimum absolute atomic E-state index is 0.0302. The molecule has 0 N–H and O–H groups in total. The van der Waals surface area contributed by atoms with Crippen molar-refractivity contribution in [2.45, 2.75) is 13.0 Å². The molecule has 1 aliphatic rings. The monoisotopic (exact) mass is 387 g/mol. The molecular weight excluding hydrogens is 370 g/mol. The van der Waals surface area contributed by atoms with E-state index in [1.165, 1.54) is 15.9 Å². The Morgan fingerprint density at radius 2 is 1.93 bits per heavy atom. The number of hydrogen-bond donors (Lipinski definition) is 0. The molecule has 2 aromatic carbocycles. The zero-order valence-electron chi connectivity index (χ0n) is 14.7. The third-order valence-corrected chi connectivity index (χ3v) is 4.91. The fraction of sp³-hybridized carbons (Fsp3) is 0.263. The zero-order valence-corrected chi connectivity index (χ0v) is 15.4. The normalized spacial score (nSPS) is 16.4. The molecule has 0 aromatic heterocycles. The molecule has 0 radical (unpaired) electrons. The minimum Gasteiger partial charge on any atom is -0.341 e. The first kappa shape index (κ1) is 18.8. The average Bonchev–Trinajstić information content (AvgIpc) is 3.03. The number of nitro groups is 1. The molecule has 1 fully saturated rings. The summed E-state index contributed by atoms with van der Waals surface area (Å²) in [5.74, 6) is -0.905. The standard InChI is InChI=1S/C19H18ClN3O4/c1-21(11-13-6-2-4-8-16(13)23(26)27)19(25)14-10-18(24)22(12-14)17-9-5-3-7-15(17)20/h2-9,14H,10-12H2,1H3. The number of anilines is 1. The quantitative estimate of drug-likeness (QED) is 0.582. The molecule has 1 atom stereocenters. The van der Waals surface area contributed by atoms with Crippen LogP contribution >= 0.6 is 11.6 Å². The van der Waals surface area contributed by atoms with Crippen LogP contribution in [0.2, 0.25) is 5.02 Å². The van der Waals surface area contributed by atoms with Gasteiger partial charge in [-0.15, -0.1) is 0 Å². The molecule has 2 amide bonds. The topological polar surface area (TPSA) is 83.8 Å². The summed E-state index contributed by atoms with van der Waals surface area (Å²) in [7, 11) is 1.59. The molecule has 1 unspecified atom stereocenters. The first-order valence-electron chi connectivity index (χ1n) is 8.40. The van der Waals surface area contributed by atoms with E-state index in [9.17, 15) is 19.7 Å². The highest BCUT2D eigenvalue weighted by Crippen LogP contribution is 2.32. The van der Waals surface area contributed by atoms with Crippen molar-refractivity contribution >= 4 is 34.8 Å². The molecule has 27 heavy (non-hydrogen) atoms. The van der Waals surface area contributed by atoms with Crippen molar-refractivity contribution in [1.29, 1.82) is 0 Å². The fourth-order valence-electron chi connectivity index (χ4n) is 3.24. The maximum atomic E-state index is 12.8. The van der Waals surface area contributed by atoms with Crippen LogP contribution in [0.15, 0.2) is 48.5 Å². The zero-order chi connectivity index (χ0) is 19.6. The molecule has 0 saturated carbocycles. The predicted molar refractivity (Wildman–Crippen MR) is 101 cm³/mol. The van der Waals surface area contributed by atoms with Crippen molar-refractivity contribution in [2.75, 3.05) is 18.5 Å². The highest BCUT2D eigenvalue weighted by molar-refractivity contribution is 6.33. The lowest BCUT2D eigenvalue weighted by atomic mass is 10.1. The number of nitrogens with zero attached hydrogens (tertiary/aromatic N) is 3. The summed E-state index contributed by atoms with van der Waals surface area (Å²) >= 11 is 6.16. The van der Waals surface area contributed by atoms with E-state index in [2.05, 4.69) is 0 Å². The molecule has 0 aliphatic carbocycles. The third-order valence-electron chi connectivity index (χ3n) is 4.59. The van der Waals surface area contributed by atoms with Gasteiger partial charge in [-0.25, -0.2) is 0 Å². The Morgan fingerprint density at radius 3 is 2.63 bits per heavy atom. The van der Waals surface area contributed by atoms with Crippen molar-refractivity contribution in [3.63, 3.8) is 0 Å². The molecule has 1 saturated heterocycles. The van der Waals surface area contributed by atoms with Gasteiger partial charge in [-0.2, -0.15) is 0 Å². The summed E-state index contributed by atoms with van der Waals surface area (Å²) in [6, 6.07) is 13.3. The van der Waals surface area contributed by atoms with E-state index in [4.69, 9.17) is 11.6 Å². The van der Waals surface area contributed by atoms with Crippen LogP contribution in [0.5, 0.6) is 0 Å². The van der Waals surface area contributed by atoms with E-state index in [1.54, 1.807) is 49.5 Å². The van der Waals surface area contributed by atoms with Gasteiger partial charge in [-0.1, -0.05) is 41.9 Å². The van der Waals surface area contributed by atoms with Crippen LogP contribution in [0.4, 0.5) is 11.4 Å². The predicted octanol–water partition coefficient (Wildman–Crippen LogP) is 3.26.